The Morgan fingerprint density at radius 1 is 1.14 bits per heavy atom. The number of carbonyl (C=O) groups excluding carboxylic acids is 1. The van der Waals surface area contributed by atoms with E-state index in [1.54, 1.807) is 42.2 Å². The molecule has 0 radical (unpaired) electrons. The van der Waals surface area contributed by atoms with Crippen molar-refractivity contribution in [1.29, 1.82) is 0 Å². The molecule has 1 aliphatic heterocycles. The van der Waals surface area contributed by atoms with Gasteiger partial charge in [-0.3, -0.25) is 4.79 Å². The van der Waals surface area contributed by atoms with Gasteiger partial charge in [0.1, 0.15) is 0 Å². The van der Waals surface area contributed by atoms with Crippen LogP contribution in [0.3, 0.4) is 0 Å². The van der Waals surface area contributed by atoms with Crippen LogP contribution in [0.25, 0.3) is 0 Å². The van der Waals surface area contributed by atoms with Gasteiger partial charge in [-0.2, -0.15) is 4.31 Å². The van der Waals surface area contributed by atoms with Crippen molar-refractivity contribution in [1.82, 2.24) is 14.1 Å². The molecule has 7 heteroatoms. The summed E-state index contributed by atoms with van der Waals surface area (Å²) < 4.78 is 26.4. The van der Waals surface area contributed by atoms with E-state index in [1.807, 2.05) is 7.05 Å². The minimum Gasteiger partial charge on any atom is -0.339 e. The molecule has 1 heterocycles. The van der Waals surface area contributed by atoms with Crippen LogP contribution in [-0.2, 0) is 14.8 Å². The number of likely N-dealkylation sites (N-methyl/N-ethyl adjacent to an activating group) is 2. The van der Waals surface area contributed by atoms with Gasteiger partial charge in [-0.15, -0.1) is 0 Å². The average Bonchev–Trinajstić information content (AvgIpc) is 2.53. The monoisotopic (exact) mass is 325 g/mol. The molecule has 0 saturated carbocycles. The maximum Gasteiger partial charge on any atom is 0.243 e. The number of sulfonamides is 1. The molecule has 1 aliphatic rings. The summed E-state index contributed by atoms with van der Waals surface area (Å²) in [6.07, 6.45) is 0. The summed E-state index contributed by atoms with van der Waals surface area (Å²) >= 11 is 0. The van der Waals surface area contributed by atoms with Crippen molar-refractivity contribution >= 4 is 15.9 Å². The summed E-state index contributed by atoms with van der Waals surface area (Å²) in [5.41, 5.74) is 0. The van der Waals surface area contributed by atoms with Gasteiger partial charge in [0.2, 0.25) is 15.9 Å². The largest absolute Gasteiger partial charge is 0.339 e. The number of amides is 1. The minimum atomic E-state index is -3.62. The second kappa shape index (κ2) is 7.21. The molecule has 1 aromatic carbocycles. The number of nitrogens with zero attached hydrogens (tertiary/aromatic N) is 3. The molecular weight excluding hydrogens is 302 g/mol. The van der Waals surface area contributed by atoms with Crippen LogP contribution in [0.5, 0.6) is 0 Å². The zero-order valence-electron chi connectivity index (χ0n) is 13.1. The molecule has 122 valence electrons. The second-order valence-electron chi connectivity index (χ2n) is 5.43. The first-order valence-corrected chi connectivity index (χ1v) is 8.90. The molecule has 1 saturated heterocycles. The van der Waals surface area contributed by atoms with Gasteiger partial charge in [-0.05, 0) is 19.2 Å². The Bertz CT molecular complexity index is 596. The number of benzene rings is 1. The number of piperazine rings is 1. The van der Waals surface area contributed by atoms with Gasteiger partial charge in [0, 0.05) is 32.7 Å². The Labute approximate surface area is 132 Å². The predicted molar refractivity (Wildman–Crippen MR) is 85.0 cm³/mol. The normalized spacial score (nSPS) is 17.0. The van der Waals surface area contributed by atoms with Crippen molar-refractivity contribution in [2.24, 2.45) is 0 Å². The summed E-state index contributed by atoms with van der Waals surface area (Å²) in [4.78, 5) is 16.5. The standard InChI is InChI=1S/C15H23N3O3S/c1-3-18(22(20,21)14-7-5-4-6-8-14)13-15(19)17-11-9-16(2)10-12-17/h4-8H,3,9-13H2,1-2H3. The van der Waals surface area contributed by atoms with E-state index in [0.29, 0.717) is 13.1 Å². The fourth-order valence-electron chi connectivity index (χ4n) is 2.41. The molecule has 0 atom stereocenters. The highest BCUT2D eigenvalue weighted by Crippen LogP contribution is 2.15. The van der Waals surface area contributed by atoms with Crippen LogP contribution in [-0.4, -0.2) is 74.7 Å². The van der Waals surface area contributed by atoms with Crippen LogP contribution in [0.4, 0.5) is 0 Å². The van der Waals surface area contributed by atoms with E-state index in [9.17, 15) is 13.2 Å². The molecule has 22 heavy (non-hydrogen) atoms. The van der Waals surface area contributed by atoms with Gasteiger partial charge in [0.25, 0.3) is 0 Å². The third-order valence-electron chi connectivity index (χ3n) is 3.90. The van der Waals surface area contributed by atoms with E-state index in [-0.39, 0.29) is 23.9 Å². The lowest BCUT2D eigenvalue weighted by atomic mass is 10.3. The number of hydrogen-bond acceptors (Lipinski definition) is 4. The average molecular weight is 325 g/mol. The van der Waals surface area contributed by atoms with Crippen LogP contribution in [0.1, 0.15) is 6.92 Å². The topological polar surface area (TPSA) is 60.9 Å². The fourth-order valence-corrected chi connectivity index (χ4v) is 3.83. The van der Waals surface area contributed by atoms with E-state index >= 15 is 0 Å². The van der Waals surface area contributed by atoms with E-state index in [2.05, 4.69) is 4.90 Å². The lowest BCUT2D eigenvalue weighted by molar-refractivity contribution is -0.132. The molecule has 0 aliphatic carbocycles. The van der Waals surface area contributed by atoms with E-state index < -0.39 is 10.0 Å². The number of rotatable bonds is 5. The van der Waals surface area contributed by atoms with Crippen molar-refractivity contribution < 1.29 is 13.2 Å². The van der Waals surface area contributed by atoms with Gasteiger partial charge < -0.3 is 9.80 Å². The zero-order chi connectivity index (χ0) is 16.2. The smallest absolute Gasteiger partial charge is 0.243 e. The Balaban J connectivity index is 2.07. The van der Waals surface area contributed by atoms with E-state index in [1.165, 1.54) is 4.31 Å². The summed E-state index contributed by atoms with van der Waals surface area (Å²) in [5, 5.41) is 0. The molecule has 6 nitrogen and oxygen atoms in total. The van der Waals surface area contributed by atoms with Crippen LogP contribution in [0, 0.1) is 0 Å². The zero-order valence-corrected chi connectivity index (χ0v) is 13.9. The molecule has 0 spiro atoms. The summed E-state index contributed by atoms with van der Waals surface area (Å²) in [6, 6.07) is 8.24. The van der Waals surface area contributed by atoms with Crippen molar-refractivity contribution in [3.63, 3.8) is 0 Å². The quantitative estimate of drug-likeness (QED) is 0.790. The summed E-state index contributed by atoms with van der Waals surface area (Å²) in [7, 11) is -1.61. The molecule has 1 aromatic rings. The SMILES string of the molecule is CCN(CC(=O)N1CCN(C)CC1)S(=O)(=O)c1ccccc1. The first-order valence-electron chi connectivity index (χ1n) is 7.46. The van der Waals surface area contributed by atoms with Gasteiger partial charge in [0.15, 0.2) is 0 Å². The lowest BCUT2D eigenvalue weighted by Gasteiger charge is -2.33. The molecule has 2 rings (SSSR count). The minimum absolute atomic E-state index is 0.0998. The van der Waals surface area contributed by atoms with Crippen molar-refractivity contribution in [2.45, 2.75) is 11.8 Å². The van der Waals surface area contributed by atoms with Crippen LogP contribution >= 0.6 is 0 Å². The van der Waals surface area contributed by atoms with Crippen molar-refractivity contribution in [2.75, 3.05) is 46.3 Å². The number of carbonyl (C=O) groups is 1. The molecule has 0 unspecified atom stereocenters. The Hall–Kier alpha value is -1.44. The molecule has 0 N–H and O–H groups in total. The molecule has 1 fully saturated rings. The highest BCUT2D eigenvalue weighted by molar-refractivity contribution is 7.89. The van der Waals surface area contributed by atoms with Crippen molar-refractivity contribution in [3.05, 3.63) is 30.3 Å². The van der Waals surface area contributed by atoms with Crippen LogP contribution in [0.15, 0.2) is 35.2 Å². The second-order valence-corrected chi connectivity index (χ2v) is 7.37. The van der Waals surface area contributed by atoms with Crippen molar-refractivity contribution in [3.8, 4) is 0 Å². The fraction of sp³-hybridized carbons (Fsp3) is 0.533. The van der Waals surface area contributed by atoms with Gasteiger partial charge in [-0.25, -0.2) is 8.42 Å². The molecule has 0 aromatic heterocycles. The Morgan fingerprint density at radius 3 is 2.27 bits per heavy atom. The molecule has 0 bridgehead atoms. The van der Waals surface area contributed by atoms with E-state index in [4.69, 9.17) is 0 Å². The first-order chi connectivity index (χ1) is 10.4. The number of hydrogen-bond donors (Lipinski definition) is 0. The highest BCUT2D eigenvalue weighted by Gasteiger charge is 2.28. The third kappa shape index (κ3) is 3.85. The van der Waals surface area contributed by atoms with Crippen LogP contribution < -0.4 is 0 Å². The maximum absolute atomic E-state index is 12.6. The maximum atomic E-state index is 12.6. The molecule has 1 amide bonds. The highest BCUT2D eigenvalue weighted by atomic mass is 32.2. The van der Waals surface area contributed by atoms with Gasteiger partial charge in [-0.1, -0.05) is 25.1 Å². The summed E-state index contributed by atoms with van der Waals surface area (Å²) in [6.45, 7) is 4.87. The predicted octanol–water partition coefficient (Wildman–Crippen LogP) is 0.471. The Kier molecular flexibility index (Phi) is 5.55. The first kappa shape index (κ1) is 16.9. The summed E-state index contributed by atoms with van der Waals surface area (Å²) in [5.74, 6) is -0.130. The van der Waals surface area contributed by atoms with Gasteiger partial charge >= 0.3 is 0 Å². The third-order valence-corrected chi connectivity index (χ3v) is 5.84. The lowest BCUT2D eigenvalue weighted by Crippen LogP contribution is -2.50. The molecular formula is C15H23N3O3S. The van der Waals surface area contributed by atoms with Crippen LogP contribution in [0.2, 0.25) is 0 Å². The van der Waals surface area contributed by atoms with Gasteiger partial charge in [0.05, 0.1) is 11.4 Å². The Morgan fingerprint density at radius 2 is 1.73 bits per heavy atom. The van der Waals surface area contributed by atoms with E-state index in [0.717, 1.165) is 13.1 Å².